The fourth-order valence-electron chi connectivity index (χ4n) is 2.24. The number of carbonyl (C=O) groups is 1. The van der Waals surface area contributed by atoms with Gasteiger partial charge in [-0.2, -0.15) is 4.99 Å². The maximum absolute atomic E-state index is 11.7. The Balaban J connectivity index is 1.88. The fraction of sp³-hybridized carbons (Fsp3) is 0.300. The van der Waals surface area contributed by atoms with Crippen molar-refractivity contribution in [3.05, 3.63) is 69.8 Å². The highest BCUT2D eigenvalue weighted by Gasteiger charge is 2.16. The molecule has 0 bridgehead atoms. The van der Waals surface area contributed by atoms with Gasteiger partial charge in [0.05, 0.1) is 11.5 Å². The maximum atomic E-state index is 11.7. The first kappa shape index (κ1) is 20.9. The van der Waals surface area contributed by atoms with E-state index in [1.165, 1.54) is 12.1 Å². The summed E-state index contributed by atoms with van der Waals surface area (Å²) in [5.74, 6) is 0.652. The number of amides is 1. The number of ether oxygens (including phenoxy) is 2. The smallest absolute Gasteiger partial charge is 0.436 e. The first-order chi connectivity index (χ1) is 13.1. The van der Waals surface area contributed by atoms with E-state index >= 15 is 0 Å². The molecule has 8 heteroatoms. The van der Waals surface area contributed by atoms with Crippen molar-refractivity contribution in [2.24, 2.45) is 10.7 Å². The summed E-state index contributed by atoms with van der Waals surface area (Å²) in [6, 6.07) is 13.2. The van der Waals surface area contributed by atoms with Crippen LogP contribution in [0.4, 0.5) is 10.5 Å². The van der Waals surface area contributed by atoms with Crippen LogP contribution in [0, 0.1) is 10.1 Å². The number of non-ortho nitro benzene ring substituents is 1. The van der Waals surface area contributed by atoms with Crippen LogP contribution in [-0.4, -0.2) is 29.1 Å². The first-order valence-electron chi connectivity index (χ1n) is 8.68. The summed E-state index contributed by atoms with van der Waals surface area (Å²) in [6.45, 7) is 5.68. The van der Waals surface area contributed by atoms with E-state index in [1.54, 1.807) is 45.0 Å². The molecule has 0 aliphatic carbocycles. The van der Waals surface area contributed by atoms with Crippen molar-refractivity contribution in [1.29, 1.82) is 0 Å². The number of hydrogen-bond donors (Lipinski definition) is 1. The molecule has 1 amide bonds. The number of amidine groups is 1. The van der Waals surface area contributed by atoms with E-state index in [0.29, 0.717) is 24.3 Å². The molecule has 0 radical (unpaired) electrons. The zero-order chi connectivity index (χ0) is 20.7. The second kappa shape index (κ2) is 8.98. The number of benzene rings is 2. The molecule has 0 spiro atoms. The molecule has 28 heavy (non-hydrogen) atoms. The maximum Gasteiger partial charge on any atom is 0.436 e. The van der Waals surface area contributed by atoms with Gasteiger partial charge in [0.1, 0.15) is 17.2 Å². The van der Waals surface area contributed by atoms with Crippen LogP contribution in [0.3, 0.4) is 0 Å². The van der Waals surface area contributed by atoms with E-state index in [0.717, 1.165) is 5.56 Å². The van der Waals surface area contributed by atoms with Gasteiger partial charge in [-0.15, -0.1) is 0 Å². The van der Waals surface area contributed by atoms with E-state index in [1.807, 2.05) is 12.1 Å². The van der Waals surface area contributed by atoms with Gasteiger partial charge in [0.25, 0.3) is 5.69 Å². The van der Waals surface area contributed by atoms with Crippen LogP contribution in [0.15, 0.2) is 53.5 Å². The number of hydrogen-bond acceptors (Lipinski definition) is 5. The predicted molar refractivity (Wildman–Crippen MR) is 106 cm³/mol. The Kier molecular flexibility index (Phi) is 6.70. The third-order valence-electron chi connectivity index (χ3n) is 3.56. The quantitative estimate of drug-likeness (QED) is 0.349. The van der Waals surface area contributed by atoms with Crippen LogP contribution < -0.4 is 10.5 Å². The number of nitro benzene ring substituents is 1. The summed E-state index contributed by atoms with van der Waals surface area (Å²) in [5.41, 5.74) is 6.87. The van der Waals surface area contributed by atoms with Gasteiger partial charge in [0.15, 0.2) is 0 Å². The number of carbonyl (C=O) groups excluding carboxylic acids is 1. The molecule has 2 rings (SSSR count). The van der Waals surface area contributed by atoms with Gasteiger partial charge < -0.3 is 15.2 Å². The van der Waals surface area contributed by atoms with Gasteiger partial charge >= 0.3 is 6.09 Å². The minimum absolute atomic E-state index is 0.0218. The average molecular weight is 385 g/mol. The highest BCUT2D eigenvalue weighted by atomic mass is 16.6. The number of nitrogens with two attached hydrogens (primary N) is 1. The number of rotatable bonds is 6. The molecule has 2 aromatic carbocycles. The zero-order valence-electron chi connectivity index (χ0n) is 16.0. The van der Waals surface area contributed by atoms with Crippen molar-refractivity contribution in [2.45, 2.75) is 32.8 Å². The zero-order valence-corrected chi connectivity index (χ0v) is 16.0. The van der Waals surface area contributed by atoms with Crippen molar-refractivity contribution < 1.29 is 19.2 Å². The minimum Gasteiger partial charge on any atom is -0.493 e. The molecule has 2 aromatic rings. The molecule has 0 aliphatic heterocycles. The lowest BCUT2D eigenvalue weighted by Gasteiger charge is -2.17. The van der Waals surface area contributed by atoms with Crippen molar-refractivity contribution in [1.82, 2.24) is 0 Å². The van der Waals surface area contributed by atoms with Crippen LogP contribution in [0.1, 0.15) is 31.9 Å². The molecule has 0 heterocycles. The fourth-order valence-corrected chi connectivity index (χ4v) is 2.24. The van der Waals surface area contributed by atoms with E-state index < -0.39 is 16.6 Å². The van der Waals surface area contributed by atoms with Crippen LogP contribution in [0.5, 0.6) is 5.75 Å². The topological polar surface area (TPSA) is 117 Å². The Bertz CT molecular complexity index is 853. The SMILES string of the molecule is CC(C)(C)OC(=O)N=C(N)c1ccc(CCOc2ccc([N+](=O)[O-])cc2)cc1. The lowest BCUT2D eigenvalue weighted by atomic mass is 10.1. The summed E-state index contributed by atoms with van der Waals surface area (Å²) < 4.78 is 10.7. The molecular formula is C20H23N3O5. The van der Waals surface area contributed by atoms with Gasteiger partial charge in [-0.25, -0.2) is 4.79 Å². The molecule has 0 saturated carbocycles. The lowest BCUT2D eigenvalue weighted by Crippen LogP contribution is -2.24. The summed E-state index contributed by atoms with van der Waals surface area (Å²) in [7, 11) is 0. The van der Waals surface area contributed by atoms with Crippen molar-refractivity contribution in [3.8, 4) is 5.75 Å². The third-order valence-corrected chi connectivity index (χ3v) is 3.56. The van der Waals surface area contributed by atoms with Crippen LogP contribution in [0.2, 0.25) is 0 Å². The Labute approximate surface area is 163 Å². The summed E-state index contributed by atoms with van der Waals surface area (Å²) >= 11 is 0. The molecule has 2 N–H and O–H groups in total. The molecule has 0 aliphatic rings. The van der Waals surface area contributed by atoms with Crippen molar-refractivity contribution >= 4 is 17.6 Å². The first-order valence-corrected chi connectivity index (χ1v) is 8.68. The normalized spacial score (nSPS) is 11.8. The van der Waals surface area contributed by atoms with Gasteiger partial charge in [0, 0.05) is 24.1 Å². The van der Waals surface area contributed by atoms with E-state index in [-0.39, 0.29) is 11.5 Å². The highest BCUT2D eigenvalue weighted by molar-refractivity contribution is 6.02. The van der Waals surface area contributed by atoms with Crippen molar-refractivity contribution in [3.63, 3.8) is 0 Å². The predicted octanol–water partition coefficient (Wildman–Crippen LogP) is 3.86. The molecule has 0 aromatic heterocycles. The Morgan fingerprint density at radius 1 is 1.11 bits per heavy atom. The monoisotopic (exact) mass is 385 g/mol. The minimum atomic E-state index is -0.731. The standard InChI is InChI=1S/C20H23N3O5/c1-20(2,3)28-19(24)22-18(21)15-6-4-14(5-7-15)12-13-27-17-10-8-16(9-11-17)23(25)26/h4-11H,12-13H2,1-3H3,(H2,21,22,24). The van der Waals surface area contributed by atoms with Gasteiger partial charge in [0.2, 0.25) is 0 Å². The second-order valence-corrected chi connectivity index (χ2v) is 7.02. The highest BCUT2D eigenvalue weighted by Crippen LogP contribution is 2.17. The van der Waals surface area contributed by atoms with Crippen LogP contribution in [-0.2, 0) is 11.2 Å². The molecule has 0 atom stereocenters. The Morgan fingerprint density at radius 2 is 1.71 bits per heavy atom. The van der Waals surface area contributed by atoms with Crippen LogP contribution in [0.25, 0.3) is 0 Å². The lowest BCUT2D eigenvalue weighted by molar-refractivity contribution is -0.384. The Hall–Kier alpha value is -3.42. The van der Waals surface area contributed by atoms with Gasteiger partial charge in [-0.1, -0.05) is 24.3 Å². The summed E-state index contributed by atoms with van der Waals surface area (Å²) in [4.78, 5) is 25.6. The molecular weight excluding hydrogens is 362 g/mol. The summed E-state index contributed by atoms with van der Waals surface area (Å²) in [6.07, 6.45) is -0.0917. The third kappa shape index (κ3) is 6.71. The second-order valence-electron chi connectivity index (χ2n) is 7.02. The van der Waals surface area contributed by atoms with E-state index in [9.17, 15) is 14.9 Å². The number of aliphatic imine (C=N–C) groups is 1. The van der Waals surface area contributed by atoms with E-state index in [4.69, 9.17) is 15.2 Å². The molecule has 0 fully saturated rings. The van der Waals surface area contributed by atoms with Crippen LogP contribution >= 0.6 is 0 Å². The molecule has 0 unspecified atom stereocenters. The number of nitrogens with zero attached hydrogens (tertiary/aromatic N) is 2. The molecule has 8 nitrogen and oxygen atoms in total. The van der Waals surface area contributed by atoms with Crippen molar-refractivity contribution in [2.75, 3.05) is 6.61 Å². The number of nitro groups is 1. The summed E-state index contributed by atoms with van der Waals surface area (Å²) in [5, 5.41) is 10.6. The molecule has 0 saturated heterocycles. The van der Waals surface area contributed by atoms with E-state index in [2.05, 4.69) is 4.99 Å². The largest absolute Gasteiger partial charge is 0.493 e. The molecule has 148 valence electrons. The van der Waals surface area contributed by atoms with Gasteiger partial charge in [-0.05, 0) is 38.5 Å². The Morgan fingerprint density at radius 3 is 2.25 bits per heavy atom. The van der Waals surface area contributed by atoms with Gasteiger partial charge in [-0.3, -0.25) is 10.1 Å². The average Bonchev–Trinajstić information content (AvgIpc) is 2.61.